The molecular weight excluding hydrogens is 203 g/mol. The van der Waals surface area contributed by atoms with Gasteiger partial charge in [-0.25, -0.2) is 0 Å². The predicted molar refractivity (Wildman–Crippen MR) is 65.1 cm³/mol. The van der Waals surface area contributed by atoms with Gasteiger partial charge in [0.1, 0.15) is 7.85 Å². The van der Waals surface area contributed by atoms with E-state index in [1.165, 1.54) is 11.3 Å². The van der Waals surface area contributed by atoms with Crippen molar-refractivity contribution in [2.45, 2.75) is 6.92 Å². The molecule has 0 aliphatic heterocycles. The van der Waals surface area contributed by atoms with E-state index in [9.17, 15) is 4.79 Å². The van der Waals surface area contributed by atoms with Gasteiger partial charge < -0.3 is 0 Å². The van der Waals surface area contributed by atoms with Gasteiger partial charge in [-0.3, -0.25) is 4.79 Å². The second kappa shape index (κ2) is 4.03. The summed E-state index contributed by atoms with van der Waals surface area (Å²) in [5.41, 5.74) is 1.74. The fourth-order valence-corrected chi connectivity index (χ4v) is 2.34. The molecule has 2 radical (unpaired) electrons. The largest absolute Gasteiger partial charge is 0.294 e. The minimum atomic E-state index is 0.0979. The highest BCUT2D eigenvalue weighted by molar-refractivity contribution is 7.17. The van der Waals surface area contributed by atoms with E-state index in [0.29, 0.717) is 0 Å². The zero-order valence-electron chi connectivity index (χ0n) is 8.36. The van der Waals surface area contributed by atoms with E-state index in [0.717, 1.165) is 20.8 Å². The van der Waals surface area contributed by atoms with Crippen LogP contribution in [-0.2, 0) is 0 Å². The van der Waals surface area contributed by atoms with Crippen molar-refractivity contribution >= 4 is 30.4 Å². The molecular formula is C12H9BOS. The van der Waals surface area contributed by atoms with Gasteiger partial charge in [-0.2, -0.15) is 0 Å². The Morgan fingerprint density at radius 3 is 2.53 bits per heavy atom. The molecule has 1 heterocycles. The Hall–Kier alpha value is -1.35. The van der Waals surface area contributed by atoms with Gasteiger partial charge in [-0.1, -0.05) is 29.7 Å². The van der Waals surface area contributed by atoms with Crippen LogP contribution in [0.3, 0.4) is 0 Å². The molecule has 0 aliphatic carbocycles. The third kappa shape index (κ3) is 2.02. The van der Waals surface area contributed by atoms with Crippen LogP contribution >= 0.6 is 11.3 Å². The Bertz CT molecular complexity index is 502. The second-order valence-electron chi connectivity index (χ2n) is 3.31. The third-order valence-electron chi connectivity index (χ3n) is 2.18. The van der Waals surface area contributed by atoms with Gasteiger partial charge in [0, 0.05) is 4.88 Å². The van der Waals surface area contributed by atoms with Crippen LogP contribution in [-0.4, -0.2) is 13.6 Å². The van der Waals surface area contributed by atoms with Gasteiger partial charge in [0.05, 0.1) is 4.88 Å². The number of thiophene rings is 1. The first-order chi connectivity index (χ1) is 7.18. The molecule has 1 aromatic carbocycles. The minimum absolute atomic E-state index is 0.0979. The average Bonchev–Trinajstić information content (AvgIpc) is 2.67. The zero-order chi connectivity index (χ0) is 10.8. The first-order valence-electron chi connectivity index (χ1n) is 4.64. The van der Waals surface area contributed by atoms with Crippen LogP contribution in [0.15, 0.2) is 36.4 Å². The van der Waals surface area contributed by atoms with Crippen LogP contribution < -0.4 is 5.46 Å². The minimum Gasteiger partial charge on any atom is -0.294 e. The lowest BCUT2D eigenvalue weighted by Crippen LogP contribution is -2.04. The van der Waals surface area contributed by atoms with Gasteiger partial charge in [0.25, 0.3) is 0 Å². The normalized spacial score (nSPS) is 10.2. The number of rotatable bonds is 2. The van der Waals surface area contributed by atoms with Gasteiger partial charge >= 0.3 is 0 Å². The van der Waals surface area contributed by atoms with Crippen LogP contribution in [0.25, 0.3) is 10.4 Å². The summed E-state index contributed by atoms with van der Waals surface area (Å²) in [7, 11) is 5.86. The van der Waals surface area contributed by atoms with Crippen molar-refractivity contribution in [3.05, 3.63) is 41.3 Å². The quantitative estimate of drug-likeness (QED) is 0.551. The van der Waals surface area contributed by atoms with Crippen LogP contribution in [0.5, 0.6) is 0 Å². The van der Waals surface area contributed by atoms with Gasteiger partial charge in [0.2, 0.25) is 0 Å². The Balaban J connectivity index is 2.46. The van der Waals surface area contributed by atoms with E-state index in [2.05, 4.69) is 0 Å². The van der Waals surface area contributed by atoms with E-state index in [1.807, 2.05) is 36.4 Å². The first kappa shape index (κ1) is 10.2. The third-order valence-corrected chi connectivity index (χ3v) is 3.40. The molecule has 1 aromatic heterocycles. The summed E-state index contributed by atoms with van der Waals surface area (Å²) in [6.07, 6.45) is 0. The van der Waals surface area contributed by atoms with Crippen molar-refractivity contribution in [2.75, 3.05) is 0 Å². The molecule has 3 heteroatoms. The van der Waals surface area contributed by atoms with Crippen molar-refractivity contribution in [1.82, 2.24) is 0 Å². The molecule has 0 fully saturated rings. The smallest absolute Gasteiger partial charge is 0.169 e. The number of ketones is 1. The fraction of sp³-hybridized carbons (Fsp3) is 0.0833. The topological polar surface area (TPSA) is 17.1 Å². The number of hydrogen-bond acceptors (Lipinski definition) is 2. The molecule has 15 heavy (non-hydrogen) atoms. The van der Waals surface area contributed by atoms with Gasteiger partial charge in [0.15, 0.2) is 5.78 Å². The lowest BCUT2D eigenvalue weighted by molar-refractivity contribution is 0.102. The van der Waals surface area contributed by atoms with Crippen molar-refractivity contribution in [2.24, 2.45) is 0 Å². The molecule has 0 atom stereocenters. The molecule has 2 rings (SSSR count). The van der Waals surface area contributed by atoms with E-state index in [-0.39, 0.29) is 5.78 Å². The summed E-state index contributed by atoms with van der Waals surface area (Å²) in [5, 5.41) is 0. The van der Waals surface area contributed by atoms with Crippen molar-refractivity contribution in [1.29, 1.82) is 0 Å². The molecule has 72 valence electrons. The summed E-state index contributed by atoms with van der Waals surface area (Å²) < 4.78 is 0. The van der Waals surface area contributed by atoms with Gasteiger partial charge in [-0.05, 0) is 24.6 Å². The molecule has 0 saturated heterocycles. The zero-order valence-corrected chi connectivity index (χ0v) is 9.17. The van der Waals surface area contributed by atoms with Crippen LogP contribution in [0.1, 0.15) is 16.6 Å². The highest BCUT2D eigenvalue weighted by Gasteiger charge is 2.06. The molecule has 0 unspecified atom stereocenters. The SMILES string of the molecule is [B]c1ccccc1-c1ccc(C(C)=O)s1. The molecule has 0 aliphatic rings. The van der Waals surface area contributed by atoms with E-state index < -0.39 is 0 Å². The number of carbonyl (C=O) groups excluding carboxylic acids is 1. The van der Waals surface area contributed by atoms with E-state index in [1.54, 1.807) is 6.92 Å². The summed E-state index contributed by atoms with van der Waals surface area (Å²) in [5.74, 6) is 0.0979. The van der Waals surface area contributed by atoms with Crippen molar-refractivity contribution in [3.63, 3.8) is 0 Å². The highest BCUT2D eigenvalue weighted by atomic mass is 32.1. The lowest BCUT2D eigenvalue weighted by Gasteiger charge is -2.01. The monoisotopic (exact) mass is 212 g/mol. The van der Waals surface area contributed by atoms with Crippen LogP contribution in [0.4, 0.5) is 0 Å². The molecule has 0 amide bonds. The molecule has 0 saturated carbocycles. The van der Waals surface area contributed by atoms with Crippen LogP contribution in [0, 0.1) is 0 Å². The number of benzene rings is 1. The van der Waals surface area contributed by atoms with Gasteiger partial charge in [-0.15, -0.1) is 11.3 Å². The molecule has 0 spiro atoms. The van der Waals surface area contributed by atoms with E-state index >= 15 is 0 Å². The Morgan fingerprint density at radius 2 is 1.93 bits per heavy atom. The van der Waals surface area contributed by atoms with E-state index in [4.69, 9.17) is 7.85 Å². The average molecular weight is 212 g/mol. The van der Waals surface area contributed by atoms with Crippen LogP contribution in [0.2, 0.25) is 0 Å². The maximum Gasteiger partial charge on any atom is 0.169 e. The Kier molecular flexibility index (Phi) is 2.74. The van der Waals surface area contributed by atoms with Crippen molar-refractivity contribution in [3.8, 4) is 10.4 Å². The summed E-state index contributed by atoms with van der Waals surface area (Å²) in [6, 6.07) is 11.5. The number of carbonyl (C=O) groups is 1. The summed E-state index contributed by atoms with van der Waals surface area (Å²) in [4.78, 5) is 13.0. The molecule has 2 aromatic rings. The maximum absolute atomic E-state index is 11.2. The lowest BCUT2D eigenvalue weighted by atomic mass is 9.90. The number of hydrogen-bond donors (Lipinski definition) is 0. The fourth-order valence-electron chi connectivity index (χ4n) is 1.39. The first-order valence-corrected chi connectivity index (χ1v) is 5.46. The standard InChI is InChI=1S/C12H9BOS/c1-8(14)11-6-7-12(15-11)9-4-2-3-5-10(9)13/h2-7H,1H3. The van der Waals surface area contributed by atoms with Crippen molar-refractivity contribution < 1.29 is 4.79 Å². The number of Topliss-reactive ketones (excluding diaryl/α,β-unsaturated/α-hetero) is 1. The Morgan fingerprint density at radius 1 is 1.20 bits per heavy atom. The molecule has 0 bridgehead atoms. The molecule has 1 nitrogen and oxygen atoms in total. The highest BCUT2D eigenvalue weighted by Crippen LogP contribution is 2.26. The summed E-state index contributed by atoms with van der Waals surface area (Å²) in [6.45, 7) is 1.57. The maximum atomic E-state index is 11.2. The second-order valence-corrected chi connectivity index (χ2v) is 4.39. The summed E-state index contributed by atoms with van der Waals surface area (Å²) >= 11 is 1.48. The predicted octanol–water partition coefficient (Wildman–Crippen LogP) is 2.41. The molecule has 0 N–H and O–H groups in total. The Labute approximate surface area is 94.2 Å².